The second kappa shape index (κ2) is 12.0. The van der Waals surface area contributed by atoms with Gasteiger partial charge in [0.25, 0.3) is 11.4 Å². The van der Waals surface area contributed by atoms with Gasteiger partial charge in [-0.2, -0.15) is 4.98 Å². The summed E-state index contributed by atoms with van der Waals surface area (Å²) in [4.78, 5) is 54.5. The molecule has 0 spiro atoms. The Morgan fingerprint density at radius 3 is 1.85 bits per heavy atom. The molecule has 0 aliphatic heterocycles. The van der Waals surface area contributed by atoms with E-state index in [2.05, 4.69) is 31.2 Å². The van der Waals surface area contributed by atoms with E-state index in [0.29, 0.717) is 16.9 Å². The van der Waals surface area contributed by atoms with E-state index in [-0.39, 0.29) is 34.5 Å². The Morgan fingerprint density at radius 2 is 1.32 bits per heavy atom. The number of nitro benzene ring substituents is 2. The van der Waals surface area contributed by atoms with Crippen molar-refractivity contribution in [1.29, 1.82) is 0 Å². The van der Waals surface area contributed by atoms with E-state index < -0.39 is 21.9 Å². The molecular weight excluding hydrogens is 524 g/mol. The highest BCUT2D eigenvalue weighted by molar-refractivity contribution is 6.02. The van der Waals surface area contributed by atoms with Crippen molar-refractivity contribution < 1.29 is 24.2 Å². The van der Waals surface area contributed by atoms with E-state index in [1.807, 2.05) is 0 Å². The van der Waals surface area contributed by atoms with E-state index in [0.717, 1.165) is 0 Å². The largest absolute Gasteiger partial charge is 0.497 e. The first-order valence-electron chi connectivity index (χ1n) is 11.4. The van der Waals surface area contributed by atoms with Gasteiger partial charge in [-0.05, 0) is 29.8 Å². The van der Waals surface area contributed by atoms with Gasteiger partial charge in [-0.15, -0.1) is 0 Å². The number of urea groups is 2. The number of hydrogen-bond donors (Lipinski definition) is 4. The van der Waals surface area contributed by atoms with E-state index in [9.17, 15) is 29.8 Å². The predicted molar refractivity (Wildman–Crippen MR) is 145 cm³/mol. The zero-order valence-electron chi connectivity index (χ0n) is 20.7. The van der Waals surface area contributed by atoms with E-state index in [4.69, 9.17) is 4.74 Å². The van der Waals surface area contributed by atoms with Crippen LogP contribution in [0.5, 0.6) is 5.75 Å². The molecule has 4 aromatic rings. The number of anilines is 4. The van der Waals surface area contributed by atoms with Crippen molar-refractivity contribution in [2.75, 3.05) is 28.4 Å². The van der Waals surface area contributed by atoms with Crippen molar-refractivity contribution >= 4 is 46.6 Å². The fraction of sp³-hybridized carbons (Fsp3) is 0.0400. The first-order chi connectivity index (χ1) is 19.2. The molecule has 15 nitrogen and oxygen atoms in total. The third kappa shape index (κ3) is 6.80. The number of methoxy groups -OCH3 is 1. The van der Waals surface area contributed by atoms with Crippen LogP contribution in [0.15, 0.2) is 79.0 Å². The van der Waals surface area contributed by atoms with Gasteiger partial charge in [-0.3, -0.25) is 30.9 Å². The lowest BCUT2D eigenvalue weighted by molar-refractivity contribution is -0.385. The number of amides is 4. The van der Waals surface area contributed by atoms with Crippen LogP contribution >= 0.6 is 0 Å². The lowest BCUT2D eigenvalue weighted by Crippen LogP contribution is -2.23. The van der Waals surface area contributed by atoms with Crippen LogP contribution < -0.4 is 26.0 Å². The molecule has 0 radical (unpaired) electrons. The molecule has 4 rings (SSSR count). The van der Waals surface area contributed by atoms with Gasteiger partial charge in [0.05, 0.1) is 17.0 Å². The molecule has 4 N–H and O–H groups in total. The average Bonchev–Trinajstić information content (AvgIpc) is 2.93. The molecule has 0 aliphatic rings. The summed E-state index contributed by atoms with van der Waals surface area (Å²) in [6, 6.07) is 16.0. The topological polar surface area (TPSA) is 204 Å². The smallest absolute Gasteiger partial charge is 0.326 e. The minimum absolute atomic E-state index is 0.00810. The van der Waals surface area contributed by atoms with Gasteiger partial charge in [0, 0.05) is 47.4 Å². The number of rotatable bonds is 8. The van der Waals surface area contributed by atoms with E-state index in [1.54, 1.807) is 24.3 Å². The normalized spacial score (nSPS) is 10.2. The van der Waals surface area contributed by atoms with E-state index in [1.165, 1.54) is 61.8 Å². The number of ether oxygens (including phenoxy) is 1. The third-order valence-electron chi connectivity index (χ3n) is 5.28. The number of non-ortho nitro benzene ring substituents is 2. The number of hydrogen-bond acceptors (Lipinski definition) is 9. The number of benzene rings is 3. The number of nitrogens with one attached hydrogen (secondary N) is 4. The van der Waals surface area contributed by atoms with Crippen LogP contribution in [-0.4, -0.2) is 39.0 Å². The number of nitrogens with zero attached hydrogens (tertiary/aromatic N) is 4. The van der Waals surface area contributed by atoms with Gasteiger partial charge in [0.15, 0.2) is 0 Å². The molecule has 3 aromatic carbocycles. The van der Waals surface area contributed by atoms with Crippen LogP contribution in [0, 0.1) is 20.2 Å². The fourth-order valence-corrected chi connectivity index (χ4v) is 3.45. The van der Waals surface area contributed by atoms with Crippen molar-refractivity contribution in [1.82, 2.24) is 9.97 Å². The van der Waals surface area contributed by atoms with Crippen molar-refractivity contribution in [3.05, 3.63) is 99.2 Å². The molecule has 0 unspecified atom stereocenters. The minimum atomic E-state index is -0.787. The van der Waals surface area contributed by atoms with Crippen LogP contribution in [0.4, 0.5) is 44.1 Å². The van der Waals surface area contributed by atoms with Crippen LogP contribution in [0.25, 0.3) is 11.1 Å². The predicted octanol–water partition coefficient (Wildman–Crippen LogP) is 5.26. The van der Waals surface area contributed by atoms with Gasteiger partial charge < -0.3 is 15.4 Å². The molecule has 1 aromatic heterocycles. The van der Waals surface area contributed by atoms with Crippen LogP contribution in [0.2, 0.25) is 0 Å². The number of nitro groups is 2. The SMILES string of the molecule is COc1ccc(-c2cnc(NC(=O)Nc3cccc([N+](=O)[O-])c3)nc2NC(=O)Nc2cccc([N+](=O)[O-])c2)cc1. The number of carbonyl (C=O) groups excluding carboxylic acids is 2. The summed E-state index contributed by atoms with van der Waals surface area (Å²) in [7, 11) is 1.52. The molecule has 0 saturated heterocycles. The summed E-state index contributed by atoms with van der Waals surface area (Å²) < 4.78 is 5.17. The van der Waals surface area contributed by atoms with Gasteiger partial charge in [-0.1, -0.05) is 24.3 Å². The molecular formula is C25H20N8O7. The van der Waals surface area contributed by atoms with Crippen LogP contribution in [0.1, 0.15) is 0 Å². The highest BCUT2D eigenvalue weighted by atomic mass is 16.6. The summed E-state index contributed by atoms with van der Waals surface area (Å²) in [6.45, 7) is 0. The minimum Gasteiger partial charge on any atom is -0.497 e. The molecule has 4 amide bonds. The monoisotopic (exact) mass is 544 g/mol. The Kier molecular flexibility index (Phi) is 8.05. The Bertz CT molecular complexity index is 1590. The summed E-state index contributed by atoms with van der Waals surface area (Å²) in [5, 5.41) is 32.0. The zero-order valence-corrected chi connectivity index (χ0v) is 20.7. The summed E-state index contributed by atoms with van der Waals surface area (Å²) in [6.07, 6.45) is 1.38. The Hall–Kier alpha value is -6.12. The van der Waals surface area contributed by atoms with Crippen molar-refractivity contribution in [2.45, 2.75) is 0 Å². The maximum absolute atomic E-state index is 12.8. The van der Waals surface area contributed by atoms with Crippen molar-refractivity contribution in [3.8, 4) is 16.9 Å². The molecule has 0 bridgehead atoms. The van der Waals surface area contributed by atoms with Gasteiger partial charge in [-0.25, -0.2) is 14.6 Å². The molecule has 40 heavy (non-hydrogen) atoms. The summed E-state index contributed by atoms with van der Waals surface area (Å²) >= 11 is 0. The maximum Gasteiger partial charge on any atom is 0.326 e. The van der Waals surface area contributed by atoms with Gasteiger partial charge >= 0.3 is 12.1 Å². The quantitative estimate of drug-likeness (QED) is 0.168. The molecule has 1 heterocycles. The molecule has 15 heteroatoms. The summed E-state index contributed by atoms with van der Waals surface area (Å²) in [5.74, 6) is 0.415. The summed E-state index contributed by atoms with van der Waals surface area (Å²) in [5.41, 5.74) is 0.914. The van der Waals surface area contributed by atoms with Crippen molar-refractivity contribution in [3.63, 3.8) is 0 Å². The molecule has 0 fully saturated rings. The first-order valence-corrected chi connectivity index (χ1v) is 11.4. The van der Waals surface area contributed by atoms with Crippen molar-refractivity contribution in [2.24, 2.45) is 0 Å². The second-order valence-corrected chi connectivity index (χ2v) is 7.96. The van der Waals surface area contributed by atoms with E-state index >= 15 is 0 Å². The fourth-order valence-electron chi connectivity index (χ4n) is 3.45. The van der Waals surface area contributed by atoms with Gasteiger partial charge in [0.2, 0.25) is 5.95 Å². The highest BCUT2D eigenvalue weighted by Gasteiger charge is 2.16. The average molecular weight is 544 g/mol. The lowest BCUT2D eigenvalue weighted by Gasteiger charge is -2.13. The van der Waals surface area contributed by atoms with Crippen LogP contribution in [0.3, 0.4) is 0 Å². The molecule has 0 saturated carbocycles. The van der Waals surface area contributed by atoms with Gasteiger partial charge in [0.1, 0.15) is 11.6 Å². The Balaban J connectivity index is 1.57. The Labute approximate surface area is 225 Å². The molecule has 0 aliphatic carbocycles. The maximum atomic E-state index is 12.8. The third-order valence-corrected chi connectivity index (χ3v) is 5.28. The molecule has 0 atom stereocenters. The highest BCUT2D eigenvalue weighted by Crippen LogP contribution is 2.29. The molecule has 202 valence electrons. The number of carbonyl (C=O) groups is 2. The number of aromatic nitrogens is 2. The first kappa shape index (κ1) is 26.9. The lowest BCUT2D eigenvalue weighted by atomic mass is 10.1. The Morgan fingerprint density at radius 1 is 0.775 bits per heavy atom. The standard InChI is InChI=1S/C25H20N8O7/c1-40-20-10-8-15(9-11-20)21-14-26-23(31-25(35)28-17-5-3-7-19(13-17)33(38)39)29-22(21)30-24(34)27-16-4-2-6-18(12-16)32(36)37/h2-14H,1H3,(H4,26,27,28,29,30,31,34,35). The zero-order chi connectivity index (χ0) is 28.6. The van der Waals surface area contributed by atoms with Crippen LogP contribution in [-0.2, 0) is 0 Å². The second-order valence-electron chi connectivity index (χ2n) is 7.96.